The van der Waals surface area contributed by atoms with Gasteiger partial charge in [-0.15, -0.1) is 0 Å². The molecule has 6 nitrogen and oxygen atoms in total. The summed E-state index contributed by atoms with van der Waals surface area (Å²) >= 11 is 0. The Hall–Kier alpha value is -1.43. The topological polar surface area (TPSA) is 84.5 Å². The number of amides is 2. The van der Waals surface area contributed by atoms with E-state index in [-0.39, 0.29) is 18.8 Å². The average Bonchev–Trinajstić information content (AvgIpc) is 3.13. The van der Waals surface area contributed by atoms with Gasteiger partial charge in [0, 0.05) is 13.0 Å². The second-order valence-corrected chi connectivity index (χ2v) is 4.47. The van der Waals surface area contributed by atoms with Crippen molar-refractivity contribution in [2.45, 2.75) is 25.3 Å². The Kier molecular flexibility index (Phi) is 3.73. The van der Waals surface area contributed by atoms with Crippen LogP contribution in [-0.2, 0) is 19.1 Å². The molecule has 0 aromatic rings. The van der Waals surface area contributed by atoms with E-state index in [2.05, 4.69) is 10.6 Å². The van der Waals surface area contributed by atoms with E-state index in [1.165, 1.54) is 0 Å². The van der Waals surface area contributed by atoms with Crippen LogP contribution in [0, 0.1) is 5.92 Å². The molecule has 17 heavy (non-hydrogen) atoms. The second-order valence-electron chi connectivity index (χ2n) is 4.47. The third-order valence-electron chi connectivity index (χ3n) is 2.93. The van der Waals surface area contributed by atoms with Crippen molar-refractivity contribution in [1.29, 1.82) is 0 Å². The summed E-state index contributed by atoms with van der Waals surface area (Å²) in [5, 5.41) is 4.93. The predicted molar refractivity (Wildman–Crippen MR) is 58.1 cm³/mol. The van der Waals surface area contributed by atoms with Crippen LogP contribution in [0.25, 0.3) is 0 Å². The van der Waals surface area contributed by atoms with Gasteiger partial charge in [0.2, 0.25) is 0 Å². The molecule has 1 saturated heterocycles. The number of carbonyl (C=O) groups is 3. The van der Waals surface area contributed by atoms with Crippen LogP contribution in [0.2, 0.25) is 0 Å². The van der Waals surface area contributed by atoms with Crippen molar-refractivity contribution >= 4 is 17.6 Å². The van der Waals surface area contributed by atoms with Crippen molar-refractivity contribution < 1.29 is 19.1 Å². The lowest BCUT2D eigenvalue weighted by molar-refractivity contribution is -0.142. The van der Waals surface area contributed by atoms with Gasteiger partial charge in [-0.1, -0.05) is 0 Å². The van der Waals surface area contributed by atoms with Gasteiger partial charge in [0.15, 0.2) is 5.78 Å². The van der Waals surface area contributed by atoms with Crippen LogP contribution in [0.1, 0.15) is 19.3 Å². The summed E-state index contributed by atoms with van der Waals surface area (Å²) in [4.78, 5) is 34.2. The molecule has 2 N–H and O–H groups in total. The maximum absolute atomic E-state index is 11.5. The first-order valence-electron chi connectivity index (χ1n) is 5.86. The van der Waals surface area contributed by atoms with Gasteiger partial charge >= 0.3 is 11.8 Å². The first kappa shape index (κ1) is 12.0. The lowest BCUT2D eigenvalue weighted by atomic mass is 10.1. The van der Waals surface area contributed by atoms with Crippen molar-refractivity contribution in [3.05, 3.63) is 0 Å². The minimum absolute atomic E-state index is 0.0837. The molecule has 1 aliphatic heterocycles. The summed E-state index contributed by atoms with van der Waals surface area (Å²) in [5.74, 6) is -0.990. The summed E-state index contributed by atoms with van der Waals surface area (Å²) in [6, 6.07) is -0.678. The van der Waals surface area contributed by atoms with Crippen LogP contribution in [0.3, 0.4) is 0 Å². The van der Waals surface area contributed by atoms with E-state index in [1.807, 2.05) is 0 Å². The molecule has 2 rings (SSSR count). The van der Waals surface area contributed by atoms with E-state index >= 15 is 0 Å². The number of rotatable bonds is 3. The molecule has 2 amide bonds. The molecular formula is C11H16N2O4. The van der Waals surface area contributed by atoms with Gasteiger partial charge in [0.1, 0.15) is 6.04 Å². The third kappa shape index (κ3) is 3.52. The SMILES string of the molecule is O=C(NCC1CC1)C(=O)NC1COCCC1=O. The minimum atomic E-state index is -0.755. The lowest BCUT2D eigenvalue weighted by Crippen LogP contribution is -2.51. The van der Waals surface area contributed by atoms with Gasteiger partial charge in [-0.3, -0.25) is 14.4 Å². The van der Waals surface area contributed by atoms with Crippen molar-refractivity contribution in [2.24, 2.45) is 5.92 Å². The quantitative estimate of drug-likeness (QED) is 0.619. The Morgan fingerprint density at radius 1 is 1.29 bits per heavy atom. The number of hydrogen-bond acceptors (Lipinski definition) is 4. The smallest absolute Gasteiger partial charge is 0.309 e. The van der Waals surface area contributed by atoms with Gasteiger partial charge in [-0.05, 0) is 18.8 Å². The fourth-order valence-electron chi connectivity index (χ4n) is 1.63. The highest BCUT2D eigenvalue weighted by Gasteiger charge is 2.28. The third-order valence-corrected chi connectivity index (χ3v) is 2.93. The summed E-state index contributed by atoms with van der Waals surface area (Å²) in [5.41, 5.74) is 0. The van der Waals surface area contributed by atoms with E-state index in [0.29, 0.717) is 19.1 Å². The normalized spacial score (nSPS) is 24.2. The molecule has 1 aliphatic carbocycles. The molecule has 2 fully saturated rings. The number of Topliss-reactive ketones (excluding diaryl/α,β-unsaturated/α-hetero) is 1. The van der Waals surface area contributed by atoms with Crippen molar-refractivity contribution in [1.82, 2.24) is 10.6 Å². The zero-order valence-electron chi connectivity index (χ0n) is 9.53. The standard InChI is InChI=1S/C11H16N2O4/c14-9-3-4-17-6-8(9)13-11(16)10(15)12-5-7-1-2-7/h7-8H,1-6H2,(H,12,15)(H,13,16). The monoisotopic (exact) mass is 240 g/mol. The number of ether oxygens (including phenoxy) is 1. The largest absolute Gasteiger partial charge is 0.378 e. The van der Waals surface area contributed by atoms with E-state index in [1.54, 1.807) is 0 Å². The van der Waals surface area contributed by atoms with Gasteiger partial charge in [0.05, 0.1) is 13.2 Å². The van der Waals surface area contributed by atoms with E-state index in [9.17, 15) is 14.4 Å². The lowest BCUT2D eigenvalue weighted by Gasteiger charge is -2.21. The molecule has 1 atom stereocenters. The molecule has 94 valence electrons. The Morgan fingerprint density at radius 2 is 2.06 bits per heavy atom. The van der Waals surface area contributed by atoms with E-state index in [0.717, 1.165) is 12.8 Å². The first-order chi connectivity index (χ1) is 8.16. The van der Waals surface area contributed by atoms with Crippen molar-refractivity contribution in [3.8, 4) is 0 Å². The molecule has 2 aliphatic rings. The molecule has 0 bridgehead atoms. The van der Waals surface area contributed by atoms with Crippen LogP contribution >= 0.6 is 0 Å². The number of nitrogens with one attached hydrogen (secondary N) is 2. The first-order valence-corrected chi connectivity index (χ1v) is 5.86. The second kappa shape index (κ2) is 5.27. The van der Waals surface area contributed by atoms with Gasteiger partial charge in [0.25, 0.3) is 0 Å². The van der Waals surface area contributed by atoms with Gasteiger partial charge < -0.3 is 15.4 Å². The van der Waals surface area contributed by atoms with E-state index < -0.39 is 17.9 Å². The summed E-state index contributed by atoms with van der Waals surface area (Å²) in [6.07, 6.45) is 2.50. The predicted octanol–water partition coefficient (Wildman–Crippen LogP) is -1.01. The highest BCUT2D eigenvalue weighted by Crippen LogP contribution is 2.27. The molecule has 6 heteroatoms. The molecule has 1 saturated carbocycles. The molecule has 0 aromatic heterocycles. The van der Waals surface area contributed by atoms with Crippen LogP contribution in [0.5, 0.6) is 0 Å². The average molecular weight is 240 g/mol. The Balaban J connectivity index is 1.74. The number of ketones is 1. The maximum atomic E-state index is 11.5. The molecule has 0 spiro atoms. The van der Waals surface area contributed by atoms with Crippen molar-refractivity contribution in [3.63, 3.8) is 0 Å². The van der Waals surface area contributed by atoms with Gasteiger partial charge in [-0.2, -0.15) is 0 Å². The highest BCUT2D eigenvalue weighted by molar-refractivity contribution is 6.35. The zero-order chi connectivity index (χ0) is 12.3. The fourth-order valence-corrected chi connectivity index (χ4v) is 1.63. The number of carbonyl (C=O) groups excluding carboxylic acids is 3. The molecule has 0 aromatic carbocycles. The van der Waals surface area contributed by atoms with Gasteiger partial charge in [-0.25, -0.2) is 0 Å². The summed E-state index contributed by atoms with van der Waals surface area (Å²) < 4.78 is 5.07. The molecular weight excluding hydrogens is 224 g/mol. The summed E-state index contributed by atoms with van der Waals surface area (Å²) in [6.45, 7) is 1.08. The highest BCUT2D eigenvalue weighted by atomic mass is 16.5. The minimum Gasteiger partial charge on any atom is -0.378 e. The molecule has 0 radical (unpaired) electrons. The maximum Gasteiger partial charge on any atom is 0.309 e. The van der Waals surface area contributed by atoms with Crippen LogP contribution in [-0.4, -0.2) is 43.4 Å². The molecule has 1 unspecified atom stereocenters. The Bertz CT molecular complexity index is 338. The Labute approximate surface area is 99.1 Å². The Morgan fingerprint density at radius 3 is 2.71 bits per heavy atom. The van der Waals surface area contributed by atoms with Crippen molar-refractivity contribution in [2.75, 3.05) is 19.8 Å². The van der Waals surface area contributed by atoms with Crippen LogP contribution in [0.15, 0.2) is 0 Å². The number of hydrogen-bond donors (Lipinski definition) is 2. The fraction of sp³-hybridized carbons (Fsp3) is 0.727. The van der Waals surface area contributed by atoms with Crippen LogP contribution < -0.4 is 10.6 Å². The zero-order valence-corrected chi connectivity index (χ0v) is 9.53. The van der Waals surface area contributed by atoms with Crippen LogP contribution in [0.4, 0.5) is 0 Å². The van der Waals surface area contributed by atoms with E-state index in [4.69, 9.17) is 4.74 Å². The molecule has 1 heterocycles. The summed E-state index contributed by atoms with van der Waals surface area (Å²) in [7, 11) is 0.